The minimum atomic E-state index is -0.661. The molecule has 0 fully saturated rings. The molecule has 0 spiro atoms. The predicted molar refractivity (Wildman–Crippen MR) is 125 cm³/mol. The fourth-order valence-electron chi connectivity index (χ4n) is 2.69. The third-order valence-electron chi connectivity index (χ3n) is 4.02. The quantitative estimate of drug-likeness (QED) is 0.479. The second-order valence-electron chi connectivity index (χ2n) is 7.99. The van der Waals surface area contributed by atoms with Crippen LogP contribution in [0.5, 0.6) is 5.75 Å². The molecule has 1 amide bonds. The van der Waals surface area contributed by atoms with Gasteiger partial charge in [-0.1, -0.05) is 58.0 Å². The number of alkyl carbamates (subject to hydrolysis) is 1. The Bertz CT molecular complexity index is 879. The van der Waals surface area contributed by atoms with Gasteiger partial charge < -0.3 is 14.8 Å². The molecule has 0 unspecified atom stereocenters. The largest absolute Gasteiger partial charge is 0.489 e. The standard InChI is InChI=1S/C23H27BrFNO4S/c1-15(27)31-14-17(26-22(28)30-23(2,3)4)10-19-20(24)11-18(12-21(19)25)29-13-16-8-6-5-7-9-16/h5-9,11-12,17H,10,13-14H2,1-4H3,(H,26,28)/t17-/m0/s1. The lowest BCUT2D eigenvalue weighted by molar-refractivity contribution is -0.109. The molecule has 31 heavy (non-hydrogen) atoms. The van der Waals surface area contributed by atoms with E-state index >= 15 is 0 Å². The van der Waals surface area contributed by atoms with Gasteiger partial charge in [0.25, 0.3) is 0 Å². The normalized spacial score (nSPS) is 12.2. The number of amides is 1. The minimum absolute atomic E-state index is 0.0832. The third kappa shape index (κ3) is 9.31. The van der Waals surface area contributed by atoms with Crippen LogP contribution in [0.25, 0.3) is 0 Å². The van der Waals surface area contributed by atoms with Crippen LogP contribution in [0, 0.1) is 5.82 Å². The van der Waals surface area contributed by atoms with Crippen molar-refractivity contribution in [2.45, 2.75) is 52.4 Å². The molecule has 5 nitrogen and oxygen atoms in total. The molecule has 1 atom stereocenters. The summed E-state index contributed by atoms with van der Waals surface area (Å²) in [6, 6.07) is 12.1. The van der Waals surface area contributed by atoms with Crippen molar-refractivity contribution in [3.63, 3.8) is 0 Å². The van der Waals surface area contributed by atoms with Crippen LogP contribution >= 0.6 is 27.7 Å². The molecule has 8 heteroatoms. The number of hydrogen-bond donors (Lipinski definition) is 1. The third-order valence-corrected chi connectivity index (χ3v) is 5.71. The fraction of sp³-hybridized carbons (Fsp3) is 0.391. The van der Waals surface area contributed by atoms with Gasteiger partial charge in [0, 0.05) is 34.8 Å². The first-order valence-corrected chi connectivity index (χ1v) is 11.6. The molecular formula is C23H27BrFNO4S. The molecule has 168 valence electrons. The van der Waals surface area contributed by atoms with Gasteiger partial charge in [-0.25, -0.2) is 9.18 Å². The van der Waals surface area contributed by atoms with Gasteiger partial charge in [-0.05, 0) is 38.8 Å². The molecule has 2 aromatic carbocycles. The van der Waals surface area contributed by atoms with Gasteiger partial charge in [-0.15, -0.1) is 0 Å². The average molecular weight is 512 g/mol. The van der Waals surface area contributed by atoms with Crippen LogP contribution in [0.1, 0.15) is 38.8 Å². The van der Waals surface area contributed by atoms with Crippen molar-refractivity contribution in [2.24, 2.45) is 0 Å². The van der Waals surface area contributed by atoms with Gasteiger partial charge in [-0.2, -0.15) is 0 Å². The van der Waals surface area contributed by atoms with E-state index in [0.717, 1.165) is 17.3 Å². The zero-order valence-electron chi connectivity index (χ0n) is 18.0. The van der Waals surface area contributed by atoms with E-state index in [4.69, 9.17) is 9.47 Å². The van der Waals surface area contributed by atoms with Gasteiger partial charge in [0.15, 0.2) is 5.12 Å². The zero-order chi connectivity index (χ0) is 23.0. The first kappa shape index (κ1) is 25.2. The molecule has 0 radical (unpaired) electrons. The number of ether oxygens (including phenoxy) is 2. The highest BCUT2D eigenvalue weighted by Gasteiger charge is 2.22. The van der Waals surface area contributed by atoms with Crippen molar-refractivity contribution in [3.8, 4) is 5.75 Å². The molecule has 0 saturated carbocycles. The lowest BCUT2D eigenvalue weighted by Gasteiger charge is -2.24. The van der Waals surface area contributed by atoms with Crippen LogP contribution in [0.4, 0.5) is 9.18 Å². The lowest BCUT2D eigenvalue weighted by Crippen LogP contribution is -2.42. The van der Waals surface area contributed by atoms with Gasteiger partial charge >= 0.3 is 6.09 Å². The molecule has 0 bridgehead atoms. The topological polar surface area (TPSA) is 64.6 Å². The number of halogens is 2. The highest BCUT2D eigenvalue weighted by Crippen LogP contribution is 2.28. The second kappa shape index (κ2) is 11.5. The van der Waals surface area contributed by atoms with E-state index in [-0.39, 0.29) is 11.5 Å². The zero-order valence-corrected chi connectivity index (χ0v) is 20.4. The Morgan fingerprint density at radius 1 is 1.19 bits per heavy atom. The van der Waals surface area contributed by atoms with Crippen molar-refractivity contribution >= 4 is 38.9 Å². The van der Waals surface area contributed by atoms with Crippen molar-refractivity contribution < 1.29 is 23.5 Å². The number of carbonyl (C=O) groups is 2. The van der Waals surface area contributed by atoms with E-state index in [2.05, 4.69) is 21.2 Å². The summed E-state index contributed by atoms with van der Waals surface area (Å²) < 4.78 is 26.4. The molecule has 2 aromatic rings. The van der Waals surface area contributed by atoms with Crippen LogP contribution in [-0.4, -0.2) is 28.6 Å². The van der Waals surface area contributed by atoms with Crippen LogP contribution in [0.15, 0.2) is 46.9 Å². The Kier molecular flexibility index (Phi) is 9.37. The molecule has 0 aliphatic heterocycles. The summed E-state index contributed by atoms with van der Waals surface area (Å²) in [7, 11) is 0. The summed E-state index contributed by atoms with van der Waals surface area (Å²) >= 11 is 4.48. The number of benzene rings is 2. The first-order valence-electron chi connectivity index (χ1n) is 9.81. The summed E-state index contributed by atoms with van der Waals surface area (Å²) in [5.41, 5.74) is 0.703. The molecule has 0 heterocycles. The summed E-state index contributed by atoms with van der Waals surface area (Å²) in [6.07, 6.45) is -0.425. The van der Waals surface area contributed by atoms with E-state index in [1.165, 1.54) is 13.0 Å². The van der Waals surface area contributed by atoms with Crippen LogP contribution < -0.4 is 10.1 Å². The van der Waals surface area contributed by atoms with Crippen molar-refractivity contribution in [1.29, 1.82) is 0 Å². The molecule has 2 rings (SSSR count). The van der Waals surface area contributed by atoms with Gasteiger partial charge in [0.2, 0.25) is 0 Å². The first-order chi connectivity index (χ1) is 14.5. The highest BCUT2D eigenvalue weighted by molar-refractivity contribution is 9.10. The number of rotatable bonds is 8. The Labute approximate surface area is 195 Å². The fourth-order valence-corrected chi connectivity index (χ4v) is 3.90. The summed E-state index contributed by atoms with van der Waals surface area (Å²) in [4.78, 5) is 23.6. The molecule has 0 saturated heterocycles. The van der Waals surface area contributed by atoms with E-state index < -0.39 is 23.6 Å². The van der Waals surface area contributed by atoms with Gasteiger partial charge in [0.1, 0.15) is 23.8 Å². The number of nitrogens with one attached hydrogen (secondary N) is 1. The van der Waals surface area contributed by atoms with Crippen molar-refractivity contribution in [1.82, 2.24) is 5.32 Å². The number of hydrogen-bond acceptors (Lipinski definition) is 5. The highest BCUT2D eigenvalue weighted by atomic mass is 79.9. The van der Waals surface area contributed by atoms with E-state index in [0.29, 0.717) is 28.1 Å². The van der Waals surface area contributed by atoms with E-state index in [9.17, 15) is 14.0 Å². The van der Waals surface area contributed by atoms with E-state index in [1.807, 2.05) is 30.3 Å². The lowest BCUT2D eigenvalue weighted by atomic mass is 10.1. The molecule has 0 aliphatic carbocycles. The maximum absolute atomic E-state index is 14.9. The Morgan fingerprint density at radius 3 is 2.45 bits per heavy atom. The Balaban J connectivity index is 2.11. The summed E-state index contributed by atoms with van der Waals surface area (Å²) in [5, 5.41) is 2.66. The average Bonchev–Trinajstić information content (AvgIpc) is 2.66. The van der Waals surface area contributed by atoms with E-state index in [1.54, 1.807) is 26.8 Å². The molecular weight excluding hydrogens is 485 g/mol. The van der Waals surface area contributed by atoms with Gasteiger partial charge in [0.05, 0.1) is 0 Å². The maximum atomic E-state index is 14.9. The van der Waals surface area contributed by atoms with Crippen molar-refractivity contribution in [3.05, 3.63) is 63.9 Å². The smallest absolute Gasteiger partial charge is 0.407 e. The summed E-state index contributed by atoms with van der Waals surface area (Å²) in [5.74, 6) is 0.236. The SMILES string of the molecule is CC(=O)SC[C@H](Cc1c(F)cc(OCc2ccccc2)cc1Br)NC(=O)OC(C)(C)C. The maximum Gasteiger partial charge on any atom is 0.407 e. The van der Waals surface area contributed by atoms with Crippen molar-refractivity contribution in [2.75, 3.05) is 5.75 Å². The monoisotopic (exact) mass is 511 g/mol. The molecule has 0 aromatic heterocycles. The minimum Gasteiger partial charge on any atom is -0.489 e. The van der Waals surface area contributed by atoms with Gasteiger partial charge in [-0.3, -0.25) is 4.79 Å². The number of thioether (sulfide) groups is 1. The predicted octanol–water partition coefficient (Wildman–Crippen LogP) is 5.88. The molecule has 0 aliphatic rings. The second-order valence-corrected chi connectivity index (χ2v) is 10.0. The van der Waals surface area contributed by atoms with Crippen LogP contribution in [0.2, 0.25) is 0 Å². The van der Waals surface area contributed by atoms with Crippen LogP contribution in [0.3, 0.4) is 0 Å². The van der Waals surface area contributed by atoms with Crippen LogP contribution in [-0.2, 0) is 22.6 Å². The number of carbonyl (C=O) groups excluding carboxylic acids is 2. The summed E-state index contributed by atoms with van der Waals surface area (Å²) in [6.45, 7) is 7.05. The molecule has 1 N–H and O–H groups in total. The Hall–Kier alpha value is -2.06. The Morgan fingerprint density at radius 2 is 1.87 bits per heavy atom.